The number of allylic oxidation sites excluding steroid dienone is 2. The van der Waals surface area contributed by atoms with Gasteiger partial charge in [0.25, 0.3) is 5.91 Å². The second kappa shape index (κ2) is 38.4. The van der Waals surface area contributed by atoms with Gasteiger partial charge in [-0.15, -0.1) is 11.8 Å². The van der Waals surface area contributed by atoms with Crippen molar-refractivity contribution < 1.29 is 67.4 Å². The maximum absolute atomic E-state index is 15.3. The molecule has 0 spiro atoms. The van der Waals surface area contributed by atoms with Crippen LogP contribution in [0, 0.1) is 35.5 Å². The summed E-state index contributed by atoms with van der Waals surface area (Å²) in [4.78, 5) is 187. The maximum Gasteiger partial charge on any atom is 0.320 e. The Bertz CT molecular complexity index is 2640. The Morgan fingerprint density at radius 3 is 1.46 bits per heavy atom. The van der Waals surface area contributed by atoms with Crippen molar-refractivity contribution >= 4 is 82.7 Å². The van der Waals surface area contributed by atoms with E-state index in [1.54, 1.807) is 99.7 Å². The minimum Gasteiger partial charge on any atom is -0.459 e. The monoisotopic (exact) mass is 1350 g/mol. The first-order valence-corrected chi connectivity index (χ1v) is 34.3. The van der Waals surface area contributed by atoms with Crippen molar-refractivity contribution in [1.82, 2.24) is 60.5 Å². The number of nitrogens with zero attached hydrogens (tertiary/aromatic N) is 8. The van der Waals surface area contributed by atoms with E-state index in [1.807, 2.05) is 41.5 Å². The highest BCUT2D eigenvalue weighted by molar-refractivity contribution is 7.99. The molecular formula is C67H120N12O14S. The van der Waals surface area contributed by atoms with E-state index in [2.05, 4.69) is 21.3 Å². The smallest absolute Gasteiger partial charge is 0.320 e. The van der Waals surface area contributed by atoms with E-state index in [9.17, 15) is 33.9 Å². The predicted molar refractivity (Wildman–Crippen MR) is 365 cm³/mol. The molecule has 13 atom stereocenters. The summed E-state index contributed by atoms with van der Waals surface area (Å²) >= 11 is 0.943. The van der Waals surface area contributed by atoms with E-state index in [4.69, 9.17) is 4.74 Å². The highest BCUT2D eigenvalue weighted by atomic mass is 32.2. The van der Waals surface area contributed by atoms with E-state index in [-0.39, 0.29) is 62.8 Å². The van der Waals surface area contributed by atoms with Crippen LogP contribution in [0.4, 0.5) is 0 Å². The molecular weight excluding hydrogens is 1230 g/mol. The van der Waals surface area contributed by atoms with Crippen molar-refractivity contribution in [2.45, 2.75) is 234 Å². The number of hydrogen-bond acceptors (Lipinski definition) is 16. The molecule has 0 aromatic carbocycles. The fourth-order valence-corrected chi connectivity index (χ4v) is 12.4. The first-order chi connectivity index (χ1) is 43.3. The third kappa shape index (κ3) is 24.1. The number of ether oxygens (including phenoxy) is 1. The lowest BCUT2D eigenvalue weighted by atomic mass is 9.91. The van der Waals surface area contributed by atoms with Crippen LogP contribution in [0.2, 0.25) is 0 Å². The molecule has 0 radical (unpaired) electrons. The van der Waals surface area contributed by atoms with Gasteiger partial charge in [0.15, 0.2) is 5.37 Å². The molecule has 0 saturated carbocycles. The Morgan fingerprint density at radius 2 is 1.00 bits per heavy atom. The van der Waals surface area contributed by atoms with Crippen LogP contribution in [0.1, 0.15) is 156 Å². The van der Waals surface area contributed by atoms with Crippen LogP contribution in [0.25, 0.3) is 0 Å². The number of thioether (sulfide) groups is 1. The second-order valence-electron chi connectivity index (χ2n) is 28.4. The summed E-state index contributed by atoms with van der Waals surface area (Å²) in [5.74, 6) is -11.2. The summed E-state index contributed by atoms with van der Waals surface area (Å²) in [5.41, 5.74) is -1.44. The lowest BCUT2D eigenvalue weighted by molar-refractivity contribution is -0.161. The standard InChI is InChI=1S/C67H120N12O14S/c1-28-30-31-42(13)54(81)53-58(85)70-45(29-2)60(87)79(26)66(94-27)65(92)76(23)49(35-67(16,17)93-50(80)36-72(18)19)57(84)71-51(40(9)10)63(90)73(20)46(32-37(3)4)56(83)68-43(14)55(82)69-44(15)59(86)74(21)47(33-38(5)6)61(88)75(22)48(34-39(7)8)62(89)77(24)52(41(11)12)64(91)78(53)25/h28,30,37-49,51-54,66,81H,29,31-36H2,1-27H3,(H,68,83)(H,69,82)(H,70,85)(H,71,84)/b30-28+/t42?,43-,44+,45-,46-,47-,48-,49-,51-,52-,53-,54?,66?/m0/s1. The third-order valence-electron chi connectivity index (χ3n) is 17.2. The van der Waals surface area contributed by atoms with Gasteiger partial charge in [-0.1, -0.05) is 95.2 Å². The van der Waals surface area contributed by atoms with Gasteiger partial charge in [0, 0.05) is 55.8 Å². The summed E-state index contributed by atoms with van der Waals surface area (Å²) < 4.78 is 5.89. The molecule has 0 aromatic heterocycles. The quantitative estimate of drug-likeness (QED) is 0.0916. The fourth-order valence-electron chi connectivity index (χ4n) is 11.6. The molecule has 11 amide bonds. The number of amides is 11. The average molecular weight is 1350 g/mol. The van der Waals surface area contributed by atoms with Crippen molar-refractivity contribution in [3.63, 3.8) is 0 Å². The van der Waals surface area contributed by atoms with Gasteiger partial charge in [-0.2, -0.15) is 0 Å². The Kier molecular flexibility index (Phi) is 35.0. The molecule has 1 heterocycles. The van der Waals surface area contributed by atoms with Crippen LogP contribution in [0.3, 0.4) is 0 Å². The Balaban J connectivity index is 4.55. The minimum atomic E-state index is -1.67. The molecule has 26 nitrogen and oxygen atoms in total. The number of aliphatic hydroxyl groups is 1. The SMILES string of the molecule is C/C=C/CC(C)C(O)[C@H]1C(=O)N[C@@H](CC)C(=O)N(C)C(SC)C(=O)N(C)[C@@H](CC(C)(C)OC(=O)CN(C)C)C(=O)N[C@@H](C(C)C)C(=O)N(C)[C@@H](CC(C)C)C(=O)N[C@@H](C)C(=O)N[C@H](C)C(=O)N(C)[C@@H](CC(C)C)C(=O)N(C)[C@@H](CC(C)C)C(=O)N(C)[C@@H](C(C)C)C(=O)N1C. The molecule has 538 valence electrons. The first-order valence-electron chi connectivity index (χ1n) is 33.1. The van der Waals surface area contributed by atoms with Gasteiger partial charge in [0.1, 0.15) is 66.0 Å². The molecule has 94 heavy (non-hydrogen) atoms. The van der Waals surface area contributed by atoms with Gasteiger partial charge in [0.2, 0.25) is 59.1 Å². The normalized spacial score (nSPS) is 26.4. The van der Waals surface area contributed by atoms with Gasteiger partial charge < -0.3 is 65.4 Å². The zero-order chi connectivity index (χ0) is 73.0. The molecule has 1 saturated heterocycles. The van der Waals surface area contributed by atoms with Gasteiger partial charge in [0.05, 0.1) is 12.6 Å². The van der Waals surface area contributed by atoms with Crippen LogP contribution in [-0.4, -0.2) is 269 Å². The number of likely N-dealkylation sites (N-methyl/N-ethyl adjacent to an activating group) is 8. The molecule has 3 unspecified atom stereocenters. The molecule has 0 aromatic rings. The topological polar surface area (TPSA) is 308 Å². The Morgan fingerprint density at radius 1 is 0.553 bits per heavy atom. The highest BCUT2D eigenvalue weighted by Crippen LogP contribution is 2.28. The fraction of sp³-hybridized carbons (Fsp3) is 0.791. The number of esters is 1. The summed E-state index contributed by atoms with van der Waals surface area (Å²) in [7, 11) is 13.1. The average Bonchev–Trinajstić information content (AvgIpc) is 0.811. The van der Waals surface area contributed by atoms with E-state index in [0.29, 0.717) is 0 Å². The van der Waals surface area contributed by atoms with Crippen molar-refractivity contribution in [3.8, 4) is 0 Å². The van der Waals surface area contributed by atoms with E-state index in [1.165, 1.54) is 82.8 Å². The van der Waals surface area contributed by atoms with Gasteiger partial charge in [-0.25, -0.2) is 0 Å². The van der Waals surface area contributed by atoms with Crippen molar-refractivity contribution in [3.05, 3.63) is 12.2 Å². The summed E-state index contributed by atoms with van der Waals surface area (Å²) in [6.45, 7) is 28.9. The molecule has 27 heteroatoms. The molecule has 0 aliphatic carbocycles. The first kappa shape index (κ1) is 85.7. The van der Waals surface area contributed by atoms with Crippen LogP contribution in [-0.2, 0) is 62.3 Å². The van der Waals surface area contributed by atoms with Crippen LogP contribution in [0.15, 0.2) is 12.2 Å². The van der Waals surface area contributed by atoms with Crippen LogP contribution < -0.4 is 21.3 Å². The molecule has 1 rings (SSSR count). The second-order valence-corrected chi connectivity index (χ2v) is 29.3. The number of carbonyl (C=O) groups excluding carboxylic acids is 12. The number of nitrogens with one attached hydrogen (secondary N) is 4. The van der Waals surface area contributed by atoms with Gasteiger partial charge >= 0.3 is 5.97 Å². The summed E-state index contributed by atoms with van der Waals surface area (Å²) in [6.07, 6.45) is 3.84. The molecule has 1 fully saturated rings. The Labute approximate surface area is 565 Å². The Hall–Kier alpha value is -6.35. The number of hydrogen-bond donors (Lipinski definition) is 5. The minimum absolute atomic E-state index is 0.0463. The van der Waals surface area contributed by atoms with E-state index >= 15 is 28.8 Å². The zero-order valence-electron chi connectivity index (χ0n) is 61.7. The highest BCUT2D eigenvalue weighted by Gasteiger charge is 2.47. The zero-order valence-corrected chi connectivity index (χ0v) is 62.6. The molecule has 5 N–H and O–H groups in total. The number of rotatable bonds is 19. The van der Waals surface area contributed by atoms with Gasteiger partial charge in [-0.3, -0.25) is 62.4 Å². The molecule has 1 aliphatic heterocycles. The van der Waals surface area contributed by atoms with E-state index in [0.717, 1.165) is 26.5 Å². The number of carbonyl (C=O) groups is 12. The third-order valence-corrected chi connectivity index (χ3v) is 18.2. The molecule has 1 aliphatic rings. The van der Waals surface area contributed by atoms with Crippen LogP contribution >= 0.6 is 11.8 Å². The van der Waals surface area contributed by atoms with Crippen molar-refractivity contribution in [2.75, 3.05) is 76.2 Å². The summed E-state index contributed by atoms with van der Waals surface area (Å²) in [6, 6.07) is -13.3. The van der Waals surface area contributed by atoms with Gasteiger partial charge in [-0.05, 0) is 123 Å². The maximum atomic E-state index is 15.3. The summed E-state index contributed by atoms with van der Waals surface area (Å²) in [5, 5.41) is 21.8. The van der Waals surface area contributed by atoms with Crippen molar-refractivity contribution in [2.24, 2.45) is 35.5 Å². The van der Waals surface area contributed by atoms with E-state index < -0.39 is 166 Å². The van der Waals surface area contributed by atoms with Crippen molar-refractivity contribution in [1.29, 1.82) is 0 Å². The lowest BCUT2D eigenvalue weighted by Crippen LogP contribution is -2.64. The number of aliphatic hydroxyl groups excluding tert-OH is 1. The van der Waals surface area contributed by atoms with Crippen LogP contribution in [0.5, 0.6) is 0 Å². The predicted octanol–water partition coefficient (Wildman–Crippen LogP) is 3.19. The molecule has 0 bridgehead atoms. The largest absolute Gasteiger partial charge is 0.459 e. The lowest BCUT2D eigenvalue weighted by Gasteiger charge is -2.41.